The summed E-state index contributed by atoms with van der Waals surface area (Å²) in [4.78, 5) is 17.7. The van der Waals surface area contributed by atoms with Crippen molar-refractivity contribution in [3.8, 4) is 0 Å². The van der Waals surface area contributed by atoms with Crippen molar-refractivity contribution >= 4 is 5.91 Å². The number of likely N-dealkylation sites (N-methyl/N-ethyl adjacent to an activating group) is 1. The highest BCUT2D eigenvalue weighted by Crippen LogP contribution is 1.97. The van der Waals surface area contributed by atoms with Crippen molar-refractivity contribution in [2.45, 2.75) is 19.4 Å². The summed E-state index contributed by atoms with van der Waals surface area (Å²) in [6, 6.07) is -0.314. The first-order valence-electron chi connectivity index (χ1n) is 4.24. The molecule has 0 aliphatic rings. The van der Waals surface area contributed by atoms with Crippen LogP contribution >= 0.6 is 0 Å². The normalized spacial score (nSPS) is 12.7. The van der Waals surface area contributed by atoms with E-state index in [-0.39, 0.29) is 11.9 Å². The molecule has 5 heteroatoms. The molecule has 1 amide bonds. The Morgan fingerprint density at radius 2 is 2.62 bits per heavy atom. The Hall–Kier alpha value is -1.36. The molecule has 0 aliphatic carbocycles. The van der Waals surface area contributed by atoms with Crippen molar-refractivity contribution in [2.75, 3.05) is 6.54 Å². The second-order valence-corrected chi connectivity index (χ2v) is 2.79. The molecule has 0 bridgehead atoms. The van der Waals surface area contributed by atoms with Crippen molar-refractivity contribution in [3.05, 3.63) is 18.2 Å². The number of nitrogens with one attached hydrogen (secondary N) is 2. The van der Waals surface area contributed by atoms with E-state index in [4.69, 9.17) is 5.73 Å². The van der Waals surface area contributed by atoms with E-state index in [1.807, 2.05) is 6.92 Å². The Morgan fingerprint density at radius 1 is 1.85 bits per heavy atom. The molecule has 13 heavy (non-hydrogen) atoms. The molecular weight excluding hydrogens is 168 g/mol. The second kappa shape index (κ2) is 4.61. The van der Waals surface area contributed by atoms with Crippen LogP contribution in [0.1, 0.15) is 12.6 Å². The lowest BCUT2D eigenvalue weighted by Gasteiger charge is -2.12. The van der Waals surface area contributed by atoms with Gasteiger partial charge in [0, 0.05) is 18.3 Å². The van der Waals surface area contributed by atoms with Crippen LogP contribution in [-0.2, 0) is 11.2 Å². The van der Waals surface area contributed by atoms with Crippen LogP contribution in [0.15, 0.2) is 12.5 Å². The molecular formula is C8H14N4O. The summed E-state index contributed by atoms with van der Waals surface area (Å²) < 4.78 is 0. The Morgan fingerprint density at radius 3 is 3.08 bits per heavy atom. The van der Waals surface area contributed by atoms with Gasteiger partial charge in [-0.25, -0.2) is 4.98 Å². The molecule has 1 rings (SSSR count). The molecule has 5 nitrogen and oxygen atoms in total. The van der Waals surface area contributed by atoms with E-state index < -0.39 is 0 Å². The minimum Gasteiger partial charge on any atom is -0.368 e. The molecule has 1 aromatic heterocycles. The highest BCUT2D eigenvalue weighted by Gasteiger charge is 2.14. The fourth-order valence-electron chi connectivity index (χ4n) is 1.14. The number of rotatable bonds is 5. The molecule has 0 fully saturated rings. The Kier molecular flexibility index (Phi) is 3.45. The van der Waals surface area contributed by atoms with E-state index in [9.17, 15) is 4.79 Å². The molecule has 0 saturated carbocycles. The van der Waals surface area contributed by atoms with Gasteiger partial charge < -0.3 is 16.0 Å². The van der Waals surface area contributed by atoms with E-state index in [2.05, 4.69) is 15.3 Å². The number of aromatic nitrogens is 2. The number of aromatic amines is 1. The van der Waals surface area contributed by atoms with E-state index >= 15 is 0 Å². The van der Waals surface area contributed by atoms with E-state index in [1.165, 1.54) is 0 Å². The quantitative estimate of drug-likeness (QED) is 0.569. The Bertz CT molecular complexity index is 257. The maximum absolute atomic E-state index is 10.9. The molecule has 4 N–H and O–H groups in total. The summed E-state index contributed by atoms with van der Waals surface area (Å²) in [6.45, 7) is 2.66. The van der Waals surface area contributed by atoms with Crippen molar-refractivity contribution in [1.29, 1.82) is 0 Å². The maximum Gasteiger partial charge on any atom is 0.234 e. The number of hydrogen-bond acceptors (Lipinski definition) is 3. The van der Waals surface area contributed by atoms with Crippen LogP contribution in [-0.4, -0.2) is 28.5 Å². The largest absolute Gasteiger partial charge is 0.368 e. The number of nitrogens with two attached hydrogens (primary N) is 1. The summed E-state index contributed by atoms with van der Waals surface area (Å²) >= 11 is 0. The molecule has 0 unspecified atom stereocenters. The molecule has 72 valence electrons. The standard InChI is InChI=1S/C8H14N4O/c1-2-11-7(8(9)13)3-6-4-10-5-12-6/h4-5,7,11H,2-3H2,1H3,(H2,9,13)(H,10,12)/t7-/m0/s1. The van der Waals surface area contributed by atoms with Gasteiger partial charge in [-0.15, -0.1) is 0 Å². The van der Waals surface area contributed by atoms with E-state index in [0.717, 1.165) is 12.2 Å². The lowest BCUT2D eigenvalue weighted by atomic mass is 10.1. The highest BCUT2D eigenvalue weighted by atomic mass is 16.1. The molecule has 0 aromatic carbocycles. The molecule has 1 heterocycles. The van der Waals surface area contributed by atoms with Crippen LogP contribution in [0.2, 0.25) is 0 Å². The molecule has 0 aliphatic heterocycles. The van der Waals surface area contributed by atoms with Gasteiger partial charge in [-0.1, -0.05) is 6.92 Å². The van der Waals surface area contributed by atoms with Crippen molar-refractivity contribution in [2.24, 2.45) is 5.73 Å². The number of carbonyl (C=O) groups is 1. The first kappa shape index (κ1) is 9.73. The van der Waals surface area contributed by atoms with Crippen LogP contribution in [0.4, 0.5) is 0 Å². The number of H-pyrrole nitrogens is 1. The first-order valence-corrected chi connectivity index (χ1v) is 4.24. The monoisotopic (exact) mass is 182 g/mol. The first-order chi connectivity index (χ1) is 6.24. The van der Waals surface area contributed by atoms with Gasteiger partial charge in [0.1, 0.15) is 0 Å². The predicted molar refractivity (Wildman–Crippen MR) is 49.0 cm³/mol. The van der Waals surface area contributed by atoms with Crippen LogP contribution in [0.5, 0.6) is 0 Å². The number of carbonyl (C=O) groups excluding carboxylic acids is 1. The van der Waals surface area contributed by atoms with Crippen molar-refractivity contribution in [1.82, 2.24) is 15.3 Å². The third-order valence-electron chi connectivity index (χ3n) is 1.77. The lowest BCUT2D eigenvalue weighted by molar-refractivity contribution is -0.120. The molecule has 1 aromatic rings. The predicted octanol–water partition coefficient (Wildman–Crippen LogP) is -0.584. The summed E-state index contributed by atoms with van der Waals surface area (Å²) in [5, 5.41) is 3.00. The lowest BCUT2D eigenvalue weighted by Crippen LogP contribution is -2.42. The van der Waals surface area contributed by atoms with Crippen LogP contribution < -0.4 is 11.1 Å². The van der Waals surface area contributed by atoms with Gasteiger partial charge in [0.15, 0.2) is 0 Å². The van der Waals surface area contributed by atoms with Gasteiger partial charge in [-0.3, -0.25) is 4.79 Å². The fourth-order valence-corrected chi connectivity index (χ4v) is 1.14. The zero-order valence-electron chi connectivity index (χ0n) is 7.58. The zero-order chi connectivity index (χ0) is 9.68. The van der Waals surface area contributed by atoms with Gasteiger partial charge in [-0.05, 0) is 6.54 Å². The average Bonchev–Trinajstić information content (AvgIpc) is 2.56. The number of primary amides is 1. The molecule has 1 atom stereocenters. The van der Waals surface area contributed by atoms with Crippen molar-refractivity contribution < 1.29 is 4.79 Å². The smallest absolute Gasteiger partial charge is 0.234 e. The minimum atomic E-state index is -0.337. The van der Waals surface area contributed by atoms with Gasteiger partial charge in [0.05, 0.1) is 12.4 Å². The highest BCUT2D eigenvalue weighted by molar-refractivity contribution is 5.80. The molecule has 0 saturated heterocycles. The summed E-state index contributed by atoms with van der Waals surface area (Å²) in [5.74, 6) is -0.337. The summed E-state index contributed by atoms with van der Waals surface area (Å²) in [5.41, 5.74) is 6.11. The average molecular weight is 182 g/mol. The Labute approximate surface area is 76.7 Å². The van der Waals surface area contributed by atoms with Crippen LogP contribution in [0.3, 0.4) is 0 Å². The molecule has 0 radical (unpaired) electrons. The summed E-state index contributed by atoms with van der Waals surface area (Å²) in [7, 11) is 0. The fraction of sp³-hybridized carbons (Fsp3) is 0.500. The third-order valence-corrected chi connectivity index (χ3v) is 1.77. The minimum absolute atomic E-state index is 0.314. The third kappa shape index (κ3) is 2.87. The number of nitrogens with zero attached hydrogens (tertiary/aromatic N) is 1. The maximum atomic E-state index is 10.9. The number of amides is 1. The van der Waals surface area contributed by atoms with E-state index in [0.29, 0.717) is 6.42 Å². The second-order valence-electron chi connectivity index (χ2n) is 2.79. The van der Waals surface area contributed by atoms with Gasteiger partial charge in [0.25, 0.3) is 0 Å². The Balaban J connectivity index is 2.52. The topological polar surface area (TPSA) is 83.8 Å². The number of hydrogen-bond donors (Lipinski definition) is 3. The van der Waals surface area contributed by atoms with Gasteiger partial charge >= 0.3 is 0 Å². The molecule has 0 spiro atoms. The van der Waals surface area contributed by atoms with E-state index in [1.54, 1.807) is 12.5 Å². The van der Waals surface area contributed by atoms with Gasteiger partial charge in [-0.2, -0.15) is 0 Å². The van der Waals surface area contributed by atoms with Crippen LogP contribution in [0.25, 0.3) is 0 Å². The van der Waals surface area contributed by atoms with Gasteiger partial charge in [0.2, 0.25) is 5.91 Å². The van der Waals surface area contributed by atoms with Crippen LogP contribution in [0, 0.1) is 0 Å². The SMILES string of the molecule is CCN[C@@H](Cc1cnc[nH]1)C(N)=O. The zero-order valence-corrected chi connectivity index (χ0v) is 7.58. The number of imidazole rings is 1. The summed E-state index contributed by atoms with van der Waals surface area (Å²) in [6.07, 6.45) is 3.83. The van der Waals surface area contributed by atoms with Crippen molar-refractivity contribution in [3.63, 3.8) is 0 Å².